The molecule has 0 radical (unpaired) electrons. The van der Waals surface area contributed by atoms with Gasteiger partial charge in [-0.3, -0.25) is 9.59 Å². The maximum atomic E-state index is 13.5. The van der Waals surface area contributed by atoms with Crippen LogP contribution in [0.4, 0.5) is 17.6 Å². The number of alkyl halides is 3. The minimum absolute atomic E-state index is 0.104. The minimum Gasteiger partial charge on any atom is -0.345 e. The highest BCUT2D eigenvalue weighted by Crippen LogP contribution is 2.28. The number of benzene rings is 1. The van der Waals surface area contributed by atoms with Crippen molar-refractivity contribution in [3.05, 3.63) is 33.6 Å². The summed E-state index contributed by atoms with van der Waals surface area (Å²) in [5, 5.41) is 1.38. The van der Waals surface area contributed by atoms with Crippen LogP contribution in [0, 0.1) is 5.82 Å². The molecule has 0 aliphatic carbocycles. The second-order valence-electron chi connectivity index (χ2n) is 5.24. The molecule has 1 aliphatic rings. The molecule has 10 heteroatoms. The predicted octanol–water partition coefficient (Wildman–Crippen LogP) is 3.42. The molecule has 132 valence electrons. The molecule has 1 fully saturated rings. The largest absolute Gasteiger partial charge is 0.405 e. The third kappa shape index (κ3) is 4.30. The van der Waals surface area contributed by atoms with E-state index in [0.29, 0.717) is 6.42 Å². The monoisotopic (exact) mass is 386 g/mol. The van der Waals surface area contributed by atoms with Crippen molar-refractivity contribution in [1.29, 1.82) is 0 Å². The van der Waals surface area contributed by atoms with Gasteiger partial charge in [-0.25, -0.2) is 4.39 Å². The van der Waals surface area contributed by atoms with E-state index in [-0.39, 0.29) is 28.6 Å². The molecule has 0 spiro atoms. The number of halogens is 6. The molecule has 1 atom stereocenters. The molecule has 1 heterocycles. The molecule has 1 unspecified atom stereocenters. The highest BCUT2D eigenvalue weighted by Gasteiger charge is 2.37. The molecule has 1 N–H and O–H groups in total. The van der Waals surface area contributed by atoms with E-state index in [1.165, 1.54) is 0 Å². The van der Waals surface area contributed by atoms with Gasteiger partial charge in [0.15, 0.2) is 0 Å². The Hall–Kier alpha value is -1.54. The normalized spacial score (nSPS) is 17.9. The SMILES string of the molecule is O=C(NCC(F)(F)F)C1CCCN1C(=O)c1cc(F)c(Cl)cc1Cl. The second-order valence-corrected chi connectivity index (χ2v) is 6.05. The lowest BCUT2D eigenvalue weighted by atomic mass is 10.1. The third-order valence-corrected chi connectivity index (χ3v) is 4.12. The van der Waals surface area contributed by atoms with Gasteiger partial charge >= 0.3 is 6.18 Å². The van der Waals surface area contributed by atoms with Gasteiger partial charge in [0, 0.05) is 6.54 Å². The van der Waals surface area contributed by atoms with Crippen LogP contribution in [-0.4, -0.2) is 42.0 Å². The van der Waals surface area contributed by atoms with E-state index in [2.05, 4.69) is 0 Å². The fourth-order valence-electron chi connectivity index (χ4n) is 2.43. The predicted molar refractivity (Wildman–Crippen MR) is 79.5 cm³/mol. The Bertz CT molecular complexity index is 667. The summed E-state index contributed by atoms with van der Waals surface area (Å²) in [6.07, 6.45) is -3.90. The van der Waals surface area contributed by atoms with Crippen LogP contribution in [0.1, 0.15) is 23.2 Å². The lowest BCUT2D eigenvalue weighted by Gasteiger charge is -2.24. The molecule has 0 bridgehead atoms. The van der Waals surface area contributed by atoms with Crippen LogP contribution in [0.15, 0.2) is 12.1 Å². The van der Waals surface area contributed by atoms with Crippen molar-refractivity contribution in [2.24, 2.45) is 0 Å². The molecular formula is C14H12Cl2F4N2O2. The lowest BCUT2D eigenvalue weighted by Crippen LogP contribution is -2.48. The van der Waals surface area contributed by atoms with Crippen molar-refractivity contribution < 1.29 is 27.2 Å². The van der Waals surface area contributed by atoms with Gasteiger partial charge in [0.1, 0.15) is 18.4 Å². The van der Waals surface area contributed by atoms with E-state index in [9.17, 15) is 27.2 Å². The van der Waals surface area contributed by atoms with Crippen LogP contribution >= 0.6 is 23.2 Å². The number of hydrogen-bond donors (Lipinski definition) is 1. The van der Waals surface area contributed by atoms with Crippen molar-refractivity contribution in [1.82, 2.24) is 10.2 Å². The molecule has 0 aromatic heterocycles. The van der Waals surface area contributed by atoms with Gasteiger partial charge in [-0.15, -0.1) is 0 Å². The summed E-state index contributed by atoms with van der Waals surface area (Å²) in [6.45, 7) is -1.33. The lowest BCUT2D eigenvalue weighted by molar-refractivity contribution is -0.140. The van der Waals surface area contributed by atoms with E-state index in [4.69, 9.17) is 23.2 Å². The van der Waals surface area contributed by atoms with E-state index < -0.39 is 36.4 Å². The average molecular weight is 387 g/mol. The van der Waals surface area contributed by atoms with Gasteiger partial charge in [-0.2, -0.15) is 13.2 Å². The van der Waals surface area contributed by atoms with Gasteiger partial charge in [-0.1, -0.05) is 23.2 Å². The van der Waals surface area contributed by atoms with Crippen LogP contribution in [0.3, 0.4) is 0 Å². The van der Waals surface area contributed by atoms with E-state index in [0.717, 1.165) is 17.0 Å². The summed E-state index contributed by atoms with van der Waals surface area (Å²) in [5.74, 6) is -2.51. The Balaban J connectivity index is 2.17. The van der Waals surface area contributed by atoms with Crippen molar-refractivity contribution in [3.8, 4) is 0 Å². The van der Waals surface area contributed by atoms with Crippen LogP contribution in [0.2, 0.25) is 10.0 Å². The summed E-state index contributed by atoms with van der Waals surface area (Å²) in [7, 11) is 0. The Morgan fingerprint density at radius 1 is 1.25 bits per heavy atom. The molecular weight excluding hydrogens is 375 g/mol. The molecule has 1 aromatic rings. The number of nitrogens with one attached hydrogen (secondary N) is 1. The summed E-state index contributed by atoms with van der Waals surface area (Å²) < 4.78 is 50.1. The number of rotatable bonds is 3. The zero-order valence-electron chi connectivity index (χ0n) is 12.1. The average Bonchev–Trinajstić information content (AvgIpc) is 2.96. The highest BCUT2D eigenvalue weighted by atomic mass is 35.5. The van der Waals surface area contributed by atoms with Crippen molar-refractivity contribution in [2.45, 2.75) is 25.1 Å². The van der Waals surface area contributed by atoms with Crippen LogP contribution in [0.5, 0.6) is 0 Å². The fraction of sp³-hybridized carbons (Fsp3) is 0.429. The van der Waals surface area contributed by atoms with E-state index in [1.807, 2.05) is 0 Å². The van der Waals surface area contributed by atoms with Gasteiger partial charge < -0.3 is 10.2 Å². The van der Waals surface area contributed by atoms with Gasteiger partial charge in [0.2, 0.25) is 5.91 Å². The van der Waals surface area contributed by atoms with E-state index in [1.54, 1.807) is 5.32 Å². The molecule has 2 amide bonds. The summed E-state index contributed by atoms with van der Waals surface area (Å²) in [6, 6.07) is 0.839. The number of carbonyl (C=O) groups is 2. The number of nitrogens with zero attached hydrogens (tertiary/aromatic N) is 1. The first-order valence-corrected chi connectivity index (χ1v) is 7.65. The van der Waals surface area contributed by atoms with Crippen LogP contribution in [0.25, 0.3) is 0 Å². The Kier molecular flexibility index (Phi) is 5.59. The van der Waals surface area contributed by atoms with Gasteiger partial charge in [-0.05, 0) is 25.0 Å². The summed E-state index contributed by atoms with van der Waals surface area (Å²) >= 11 is 11.4. The number of hydrogen-bond acceptors (Lipinski definition) is 2. The zero-order valence-corrected chi connectivity index (χ0v) is 13.6. The minimum atomic E-state index is -4.55. The molecule has 1 saturated heterocycles. The number of likely N-dealkylation sites (tertiary alicyclic amines) is 1. The molecule has 1 aromatic carbocycles. The fourth-order valence-corrected chi connectivity index (χ4v) is 2.89. The molecule has 24 heavy (non-hydrogen) atoms. The summed E-state index contributed by atoms with van der Waals surface area (Å²) in [4.78, 5) is 25.5. The zero-order chi connectivity index (χ0) is 18.1. The number of amides is 2. The first-order valence-electron chi connectivity index (χ1n) is 6.90. The maximum Gasteiger partial charge on any atom is 0.405 e. The second kappa shape index (κ2) is 7.14. The molecule has 0 saturated carbocycles. The van der Waals surface area contributed by atoms with Crippen LogP contribution < -0.4 is 5.32 Å². The first-order chi connectivity index (χ1) is 11.1. The Labute approximate surface area is 144 Å². The quantitative estimate of drug-likeness (QED) is 0.639. The Morgan fingerprint density at radius 3 is 2.54 bits per heavy atom. The van der Waals surface area contributed by atoms with Gasteiger partial charge in [0.25, 0.3) is 5.91 Å². The highest BCUT2D eigenvalue weighted by molar-refractivity contribution is 6.36. The standard InChI is InChI=1S/C14H12Cl2F4N2O2/c15-8-5-9(16)10(17)4-7(8)13(24)22-3-1-2-11(22)12(23)21-6-14(18,19)20/h4-5,11H,1-3,6H2,(H,21,23). The number of carbonyl (C=O) groups excluding carboxylic acids is 2. The first kappa shape index (κ1) is 18.8. The Morgan fingerprint density at radius 2 is 1.92 bits per heavy atom. The van der Waals surface area contributed by atoms with Gasteiger partial charge in [0.05, 0.1) is 15.6 Å². The smallest absolute Gasteiger partial charge is 0.345 e. The maximum absolute atomic E-state index is 13.5. The van der Waals surface area contributed by atoms with Crippen molar-refractivity contribution in [2.75, 3.05) is 13.1 Å². The molecule has 2 rings (SSSR count). The summed E-state index contributed by atoms with van der Waals surface area (Å²) in [5.41, 5.74) is -0.200. The third-order valence-electron chi connectivity index (χ3n) is 3.52. The van der Waals surface area contributed by atoms with E-state index >= 15 is 0 Å². The van der Waals surface area contributed by atoms with Crippen LogP contribution in [-0.2, 0) is 4.79 Å². The molecule has 4 nitrogen and oxygen atoms in total. The topological polar surface area (TPSA) is 49.4 Å². The van der Waals surface area contributed by atoms with Crippen molar-refractivity contribution in [3.63, 3.8) is 0 Å². The van der Waals surface area contributed by atoms with Crippen molar-refractivity contribution >= 4 is 35.0 Å². The molecule has 1 aliphatic heterocycles.